The molecule has 0 spiro atoms. The first-order valence-electron chi connectivity index (χ1n) is 10.4. The second-order valence-corrected chi connectivity index (χ2v) is 8.14. The van der Waals surface area contributed by atoms with Crippen molar-refractivity contribution < 1.29 is 0 Å². The molecule has 0 amide bonds. The van der Waals surface area contributed by atoms with Gasteiger partial charge in [0.15, 0.2) is 11.3 Å². The average Bonchev–Trinajstić information content (AvgIpc) is 3.14. The predicted molar refractivity (Wildman–Crippen MR) is 118 cm³/mol. The van der Waals surface area contributed by atoms with Crippen LogP contribution >= 0.6 is 0 Å². The molecule has 0 saturated heterocycles. The summed E-state index contributed by atoms with van der Waals surface area (Å²) in [6.45, 7) is 14.6. The second kappa shape index (κ2) is 6.87. The van der Waals surface area contributed by atoms with Crippen LogP contribution in [0.15, 0.2) is 16.9 Å². The largest absolute Gasteiger partial charge is 0.327 e. The summed E-state index contributed by atoms with van der Waals surface area (Å²) in [6.07, 6.45) is 1.77. The van der Waals surface area contributed by atoms with Crippen LogP contribution in [-0.4, -0.2) is 24.1 Å². The van der Waals surface area contributed by atoms with E-state index in [1.807, 2.05) is 22.9 Å². The van der Waals surface area contributed by atoms with E-state index in [1.165, 1.54) is 22.3 Å². The van der Waals surface area contributed by atoms with E-state index in [2.05, 4.69) is 51.7 Å². The number of imidazole rings is 1. The van der Waals surface area contributed by atoms with Crippen molar-refractivity contribution >= 4 is 16.8 Å². The van der Waals surface area contributed by atoms with Crippen molar-refractivity contribution in [3.8, 4) is 11.1 Å². The lowest BCUT2D eigenvalue weighted by Crippen LogP contribution is -2.22. The molecule has 152 valence electrons. The highest BCUT2D eigenvalue weighted by Gasteiger charge is 2.24. The Bertz CT molecular complexity index is 1280. The van der Waals surface area contributed by atoms with Crippen LogP contribution in [0.25, 0.3) is 27.9 Å². The molecule has 3 heterocycles. The highest BCUT2D eigenvalue weighted by molar-refractivity contribution is 5.88. The van der Waals surface area contributed by atoms with Crippen LogP contribution in [0.4, 0.5) is 0 Å². The van der Waals surface area contributed by atoms with Gasteiger partial charge < -0.3 is 4.98 Å². The molecule has 0 bridgehead atoms. The molecule has 0 aliphatic rings. The number of hydrogen-bond acceptors (Lipinski definition) is 3. The van der Waals surface area contributed by atoms with Crippen molar-refractivity contribution in [2.24, 2.45) is 0 Å². The van der Waals surface area contributed by atoms with Gasteiger partial charge in [-0.1, -0.05) is 31.5 Å². The third-order valence-electron chi connectivity index (χ3n) is 6.01. The highest BCUT2D eigenvalue weighted by atomic mass is 16.1. The summed E-state index contributed by atoms with van der Waals surface area (Å²) < 4.78 is 3.73. The van der Waals surface area contributed by atoms with Gasteiger partial charge in [0, 0.05) is 6.04 Å². The normalized spacial score (nSPS) is 12.0. The number of aryl methyl sites for hydroxylation is 5. The number of aromatic amines is 1. The molecule has 0 aliphatic carbocycles. The molecule has 0 aliphatic heterocycles. The molecule has 6 nitrogen and oxygen atoms in total. The predicted octanol–water partition coefficient (Wildman–Crippen LogP) is 4.94. The van der Waals surface area contributed by atoms with Crippen LogP contribution in [0.3, 0.4) is 0 Å². The monoisotopic (exact) mass is 391 g/mol. The quantitative estimate of drug-likeness (QED) is 0.536. The third-order valence-corrected chi connectivity index (χ3v) is 6.01. The van der Waals surface area contributed by atoms with Gasteiger partial charge in [-0.15, -0.1) is 0 Å². The topological polar surface area (TPSA) is 68.0 Å². The van der Waals surface area contributed by atoms with Gasteiger partial charge in [0.25, 0.3) is 0 Å². The van der Waals surface area contributed by atoms with Crippen LogP contribution in [-0.2, 0) is 0 Å². The van der Waals surface area contributed by atoms with Gasteiger partial charge in [0.05, 0.1) is 17.0 Å². The Hall–Kier alpha value is -2.89. The molecule has 0 fully saturated rings. The Kier molecular flexibility index (Phi) is 4.60. The number of H-pyrrole nitrogens is 1. The minimum absolute atomic E-state index is 0.0940. The van der Waals surface area contributed by atoms with Crippen molar-refractivity contribution in [2.45, 2.75) is 67.3 Å². The minimum atomic E-state index is -0.0940. The zero-order valence-corrected chi connectivity index (χ0v) is 18.3. The van der Waals surface area contributed by atoms with Gasteiger partial charge in [-0.2, -0.15) is 9.61 Å². The van der Waals surface area contributed by atoms with Crippen LogP contribution in [0.2, 0.25) is 0 Å². The molecule has 4 aromatic rings. The minimum Gasteiger partial charge on any atom is -0.303 e. The van der Waals surface area contributed by atoms with E-state index in [1.54, 1.807) is 0 Å². The average molecular weight is 392 g/mol. The Morgan fingerprint density at radius 2 is 1.59 bits per heavy atom. The summed E-state index contributed by atoms with van der Waals surface area (Å²) in [5.41, 5.74) is 9.93. The van der Waals surface area contributed by atoms with Crippen LogP contribution in [0.1, 0.15) is 60.8 Å². The fourth-order valence-electron chi connectivity index (χ4n) is 4.74. The molecular formula is C23H29N5O. The molecule has 3 aromatic heterocycles. The van der Waals surface area contributed by atoms with Crippen molar-refractivity contribution in [2.75, 3.05) is 0 Å². The smallest absolute Gasteiger partial charge is 0.303 e. The molecule has 0 radical (unpaired) electrons. The third kappa shape index (κ3) is 2.81. The summed E-state index contributed by atoms with van der Waals surface area (Å²) in [5.74, 6) is 0. The maximum absolute atomic E-state index is 12.8. The molecule has 1 N–H and O–H groups in total. The van der Waals surface area contributed by atoms with Gasteiger partial charge in [0.1, 0.15) is 5.52 Å². The lowest BCUT2D eigenvalue weighted by atomic mass is 9.94. The van der Waals surface area contributed by atoms with Crippen molar-refractivity contribution in [1.82, 2.24) is 24.1 Å². The van der Waals surface area contributed by atoms with E-state index < -0.39 is 0 Å². The summed E-state index contributed by atoms with van der Waals surface area (Å²) >= 11 is 0. The fraction of sp³-hybridized carbons (Fsp3) is 0.435. The molecular weight excluding hydrogens is 362 g/mol. The number of nitrogens with one attached hydrogen (secondary N) is 1. The van der Waals surface area contributed by atoms with Crippen molar-refractivity contribution in [3.63, 3.8) is 0 Å². The van der Waals surface area contributed by atoms with Crippen LogP contribution in [0, 0.1) is 34.6 Å². The number of aromatic nitrogens is 5. The SMILES string of the molecule is CCC(CC)n1c(=O)[nH]c2c(C)nc3c(-c4c(C)cc(C)cc4C)c(C)nn3c21. The van der Waals surface area contributed by atoms with Crippen molar-refractivity contribution in [3.05, 3.63) is 50.7 Å². The number of nitrogens with zero attached hydrogens (tertiary/aromatic N) is 4. The standard InChI is InChI=1S/C23H29N5O/c1-8-17(9-2)27-22-20(25-23(27)29)16(7)24-21-19(15(6)26-28(21)22)18-13(4)10-12(3)11-14(18)5/h10-11,17H,8-9H2,1-7H3,(H,25,29). The van der Waals surface area contributed by atoms with Crippen LogP contribution < -0.4 is 5.69 Å². The number of hydrogen-bond donors (Lipinski definition) is 1. The first-order chi connectivity index (χ1) is 13.8. The molecule has 29 heavy (non-hydrogen) atoms. The zero-order chi connectivity index (χ0) is 21.0. The van der Waals surface area contributed by atoms with Gasteiger partial charge in [-0.25, -0.2) is 9.78 Å². The van der Waals surface area contributed by atoms with Gasteiger partial charge in [0.2, 0.25) is 0 Å². The maximum Gasteiger partial charge on any atom is 0.327 e. The molecule has 0 unspecified atom stereocenters. The Morgan fingerprint density at radius 1 is 0.966 bits per heavy atom. The van der Waals surface area contributed by atoms with Crippen molar-refractivity contribution in [1.29, 1.82) is 0 Å². The Morgan fingerprint density at radius 3 is 2.17 bits per heavy atom. The number of rotatable bonds is 4. The van der Waals surface area contributed by atoms with E-state index in [0.29, 0.717) is 0 Å². The van der Waals surface area contributed by atoms with Crippen LogP contribution in [0.5, 0.6) is 0 Å². The Balaban J connectivity index is 2.17. The number of benzene rings is 1. The molecule has 0 saturated carbocycles. The van der Waals surface area contributed by atoms with Gasteiger partial charge in [-0.3, -0.25) is 4.57 Å². The summed E-state index contributed by atoms with van der Waals surface area (Å²) in [6, 6.07) is 4.53. The van der Waals surface area contributed by atoms with Gasteiger partial charge in [-0.05, 0) is 64.2 Å². The van der Waals surface area contributed by atoms with E-state index in [-0.39, 0.29) is 11.7 Å². The van der Waals surface area contributed by atoms with E-state index in [0.717, 1.165) is 46.6 Å². The van der Waals surface area contributed by atoms with E-state index in [4.69, 9.17) is 10.1 Å². The maximum atomic E-state index is 12.8. The first kappa shape index (κ1) is 19.4. The lowest BCUT2D eigenvalue weighted by molar-refractivity contribution is 0.466. The first-order valence-corrected chi connectivity index (χ1v) is 10.4. The molecule has 4 rings (SSSR count). The highest BCUT2D eigenvalue weighted by Crippen LogP contribution is 2.35. The molecule has 1 aromatic carbocycles. The fourth-order valence-corrected chi connectivity index (χ4v) is 4.74. The number of fused-ring (bicyclic) bond motifs is 3. The van der Waals surface area contributed by atoms with Gasteiger partial charge >= 0.3 is 5.69 Å². The summed E-state index contributed by atoms with van der Waals surface area (Å²) in [4.78, 5) is 20.7. The molecule has 0 atom stereocenters. The summed E-state index contributed by atoms with van der Waals surface area (Å²) in [5, 5.41) is 4.86. The zero-order valence-electron chi connectivity index (χ0n) is 18.3. The van der Waals surface area contributed by atoms with E-state index in [9.17, 15) is 4.79 Å². The second-order valence-electron chi connectivity index (χ2n) is 8.14. The lowest BCUT2D eigenvalue weighted by Gasteiger charge is -2.15. The summed E-state index contributed by atoms with van der Waals surface area (Å²) in [7, 11) is 0. The molecule has 6 heteroatoms. The Labute approximate surface area is 170 Å². The van der Waals surface area contributed by atoms with E-state index >= 15 is 0 Å².